The summed E-state index contributed by atoms with van der Waals surface area (Å²) in [4.78, 5) is 14.7. The summed E-state index contributed by atoms with van der Waals surface area (Å²) in [5.41, 5.74) is 5.58. The van der Waals surface area contributed by atoms with Gasteiger partial charge in [0.05, 0.1) is 0 Å². The number of rotatable bonds is 2. The fraction of sp³-hybridized carbons (Fsp3) is 0.333. The number of nitrogens with zero attached hydrogens (tertiary/aromatic N) is 3. The number of hydrogen-bond acceptors (Lipinski definition) is 6. The van der Waals surface area contributed by atoms with E-state index < -0.39 is 0 Å². The molecule has 0 amide bonds. The molecule has 12 heavy (non-hydrogen) atoms. The van der Waals surface area contributed by atoms with Crippen molar-refractivity contribution in [3.63, 3.8) is 0 Å². The zero-order chi connectivity index (χ0) is 9.14. The molecule has 0 aliphatic rings. The second-order valence-electron chi connectivity index (χ2n) is 2.09. The number of Topliss-reactive ketones (excluding diaryl/α,β-unsaturated/α-hetero) is 1. The van der Waals surface area contributed by atoms with Crippen LogP contribution in [0.3, 0.4) is 0 Å². The lowest BCUT2D eigenvalue weighted by Crippen LogP contribution is -2.08. The highest BCUT2D eigenvalue weighted by Gasteiger charge is 2.09. The summed E-state index contributed by atoms with van der Waals surface area (Å²) in [6.07, 6.45) is 1.81. The molecule has 0 unspecified atom stereocenters. The van der Waals surface area contributed by atoms with E-state index in [4.69, 9.17) is 5.73 Å². The van der Waals surface area contributed by atoms with Gasteiger partial charge in [0.25, 0.3) is 0 Å². The van der Waals surface area contributed by atoms with Crippen molar-refractivity contribution in [3.05, 3.63) is 5.69 Å². The molecule has 1 aromatic rings. The lowest BCUT2D eigenvalue weighted by Gasteiger charge is -1.98. The van der Waals surface area contributed by atoms with Crippen LogP contribution in [-0.4, -0.2) is 27.2 Å². The summed E-state index contributed by atoms with van der Waals surface area (Å²) in [6.45, 7) is 1.38. The molecule has 64 valence electrons. The van der Waals surface area contributed by atoms with Crippen LogP contribution in [0, 0.1) is 0 Å². The first-order valence-electron chi connectivity index (χ1n) is 3.20. The van der Waals surface area contributed by atoms with E-state index in [1.165, 1.54) is 18.7 Å². The molecule has 1 rings (SSSR count). The normalized spacial score (nSPS) is 9.83. The predicted molar refractivity (Wildman–Crippen MR) is 46.0 cm³/mol. The zero-order valence-corrected chi connectivity index (χ0v) is 7.55. The summed E-state index contributed by atoms with van der Waals surface area (Å²) in [6, 6.07) is 0. The van der Waals surface area contributed by atoms with E-state index in [0.29, 0.717) is 5.16 Å². The third-order valence-electron chi connectivity index (χ3n) is 1.21. The molecule has 0 aliphatic heterocycles. The van der Waals surface area contributed by atoms with Crippen molar-refractivity contribution < 1.29 is 4.79 Å². The van der Waals surface area contributed by atoms with Gasteiger partial charge < -0.3 is 5.73 Å². The van der Waals surface area contributed by atoms with E-state index in [9.17, 15) is 4.79 Å². The van der Waals surface area contributed by atoms with Crippen LogP contribution in [0.25, 0.3) is 0 Å². The standard InChI is InChI=1S/C6H8N4OS/c1-3(11)4-5(7)8-6(12-2)10-9-4/h1-2H3,(H2,7,8,10). The Bertz CT molecular complexity index is 314. The Morgan fingerprint density at radius 1 is 1.50 bits per heavy atom. The van der Waals surface area contributed by atoms with Gasteiger partial charge in [0, 0.05) is 6.92 Å². The molecule has 0 fully saturated rings. The predicted octanol–water partition coefficient (Wildman–Crippen LogP) is 0.378. The quantitative estimate of drug-likeness (QED) is 0.528. The maximum absolute atomic E-state index is 10.8. The Kier molecular flexibility index (Phi) is 2.59. The van der Waals surface area contributed by atoms with E-state index in [1.54, 1.807) is 0 Å². The first-order valence-corrected chi connectivity index (χ1v) is 4.42. The Hall–Kier alpha value is -1.17. The third-order valence-corrected chi connectivity index (χ3v) is 1.75. The Balaban J connectivity index is 3.12. The van der Waals surface area contributed by atoms with Gasteiger partial charge in [0.2, 0.25) is 5.16 Å². The molecule has 0 aliphatic carbocycles. The fourth-order valence-electron chi connectivity index (χ4n) is 0.660. The van der Waals surface area contributed by atoms with Crippen LogP contribution in [0.4, 0.5) is 5.82 Å². The highest BCUT2D eigenvalue weighted by atomic mass is 32.2. The molecule has 5 nitrogen and oxygen atoms in total. The number of carbonyl (C=O) groups is 1. The molecule has 0 bridgehead atoms. The molecule has 0 aromatic carbocycles. The third kappa shape index (κ3) is 1.70. The number of nitrogen functional groups attached to an aromatic ring is 1. The lowest BCUT2D eigenvalue weighted by atomic mass is 10.3. The van der Waals surface area contributed by atoms with E-state index in [1.807, 2.05) is 6.26 Å². The van der Waals surface area contributed by atoms with Gasteiger partial charge in [-0.25, -0.2) is 4.98 Å². The van der Waals surface area contributed by atoms with Gasteiger partial charge in [-0.2, -0.15) is 0 Å². The molecular formula is C6H8N4OS. The average Bonchev–Trinajstić information content (AvgIpc) is 2.03. The summed E-state index contributed by atoms with van der Waals surface area (Å²) in [5, 5.41) is 7.79. The number of ketones is 1. The van der Waals surface area contributed by atoms with Gasteiger partial charge in [-0.3, -0.25) is 4.79 Å². The van der Waals surface area contributed by atoms with Gasteiger partial charge in [0.1, 0.15) is 0 Å². The van der Waals surface area contributed by atoms with Crippen molar-refractivity contribution in [1.82, 2.24) is 15.2 Å². The maximum atomic E-state index is 10.8. The van der Waals surface area contributed by atoms with E-state index in [0.717, 1.165) is 0 Å². The Morgan fingerprint density at radius 3 is 2.58 bits per heavy atom. The summed E-state index contributed by atoms with van der Waals surface area (Å²) in [5.74, 6) is -0.0815. The number of carbonyl (C=O) groups excluding carboxylic acids is 1. The zero-order valence-electron chi connectivity index (χ0n) is 6.74. The van der Waals surface area contributed by atoms with Crippen molar-refractivity contribution in [2.75, 3.05) is 12.0 Å². The summed E-state index contributed by atoms with van der Waals surface area (Å²) >= 11 is 1.33. The van der Waals surface area contributed by atoms with Gasteiger partial charge in [0.15, 0.2) is 17.3 Å². The number of aromatic nitrogens is 3. The van der Waals surface area contributed by atoms with E-state index in [-0.39, 0.29) is 17.3 Å². The van der Waals surface area contributed by atoms with Gasteiger partial charge in [-0.05, 0) is 6.26 Å². The van der Waals surface area contributed by atoms with Crippen LogP contribution < -0.4 is 5.73 Å². The fourth-order valence-corrected chi connectivity index (χ4v) is 0.972. The molecule has 2 N–H and O–H groups in total. The monoisotopic (exact) mass is 184 g/mol. The maximum Gasteiger partial charge on any atom is 0.210 e. The molecule has 0 radical (unpaired) electrons. The molecule has 6 heteroatoms. The molecule has 0 atom stereocenters. The molecule has 1 heterocycles. The van der Waals surface area contributed by atoms with E-state index >= 15 is 0 Å². The summed E-state index contributed by atoms with van der Waals surface area (Å²) in [7, 11) is 0. The molecular weight excluding hydrogens is 176 g/mol. The van der Waals surface area contributed by atoms with Crippen LogP contribution in [0.15, 0.2) is 5.16 Å². The second-order valence-corrected chi connectivity index (χ2v) is 2.86. The lowest BCUT2D eigenvalue weighted by molar-refractivity contribution is 0.101. The smallest absolute Gasteiger partial charge is 0.210 e. The van der Waals surface area contributed by atoms with Crippen LogP contribution in [0.5, 0.6) is 0 Å². The first-order chi connectivity index (χ1) is 5.65. The van der Waals surface area contributed by atoms with Crippen molar-refractivity contribution in [2.24, 2.45) is 0 Å². The topological polar surface area (TPSA) is 81.8 Å². The number of hydrogen-bond donors (Lipinski definition) is 1. The Morgan fingerprint density at radius 2 is 2.17 bits per heavy atom. The minimum absolute atomic E-state index is 0.132. The van der Waals surface area contributed by atoms with Crippen LogP contribution in [0.2, 0.25) is 0 Å². The molecule has 0 saturated carbocycles. The SMILES string of the molecule is CSc1nnc(C(C)=O)c(N)n1. The van der Waals surface area contributed by atoms with Gasteiger partial charge in [-0.1, -0.05) is 11.8 Å². The number of anilines is 1. The minimum Gasteiger partial charge on any atom is -0.382 e. The van der Waals surface area contributed by atoms with Crippen LogP contribution in [0.1, 0.15) is 17.4 Å². The first kappa shape index (κ1) is 8.92. The van der Waals surface area contributed by atoms with Crippen LogP contribution in [-0.2, 0) is 0 Å². The van der Waals surface area contributed by atoms with E-state index in [2.05, 4.69) is 15.2 Å². The summed E-state index contributed by atoms with van der Waals surface area (Å²) < 4.78 is 0. The second kappa shape index (κ2) is 3.48. The average molecular weight is 184 g/mol. The number of nitrogens with two attached hydrogens (primary N) is 1. The van der Waals surface area contributed by atoms with Crippen LogP contribution >= 0.6 is 11.8 Å². The van der Waals surface area contributed by atoms with Gasteiger partial charge >= 0.3 is 0 Å². The molecule has 0 saturated heterocycles. The largest absolute Gasteiger partial charge is 0.382 e. The van der Waals surface area contributed by atoms with Crippen molar-refractivity contribution in [1.29, 1.82) is 0 Å². The molecule has 0 spiro atoms. The minimum atomic E-state index is -0.222. The highest BCUT2D eigenvalue weighted by Crippen LogP contribution is 2.10. The van der Waals surface area contributed by atoms with Crippen molar-refractivity contribution in [3.8, 4) is 0 Å². The Labute approximate surface area is 73.8 Å². The van der Waals surface area contributed by atoms with Crippen molar-refractivity contribution in [2.45, 2.75) is 12.1 Å². The molecule has 1 aromatic heterocycles. The highest BCUT2D eigenvalue weighted by molar-refractivity contribution is 7.98. The van der Waals surface area contributed by atoms with Gasteiger partial charge in [-0.15, -0.1) is 10.2 Å². The van der Waals surface area contributed by atoms with Crippen molar-refractivity contribution >= 4 is 23.4 Å². The number of thioether (sulfide) groups is 1.